The predicted octanol–water partition coefficient (Wildman–Crippen LogP) is 10.1. The van der Waals surface area contributed by atoms with Crippen LogP contribution in [0.15, 0.2) is 122 Å². The molecular formula is C40H32N2. The van der Waals surface area contributed by atoms with Gasteiger partial charge in [0.25, 0.3) is 0 Å². The molecule has 2 nitrogen and oxygen atoms in total. The first-order valence-corrected chi connectivity index (χ1v) is 14.7. The van der Waals surface area contributed by atoms with Gasteiger partial charge in [0.15, 0.2) is 0 Å². The minimum atomic E-state index is -0.103. The maximum atomic E-state index is 4.89. The highest BCUT2D eigenvalue weighted by atomic mass is 14.7. The van der Waals surface area contributed by atoms with Gasteiger partial charge in [-0.3, -0.25) is 9.97 Å². The second-order valence-corrected chi connectivity index (χ2v) is 12.7. The Labute approximate surface area is 247 Å². The Kier molecular flexibility index (Phi) is 5.25. The maximum absolute atomic E-state index is 4.89. The first-order valence-electron chi connectivity index (χ1n) is 14.7. The van der Waals surface area contributed by atoms with Crippen LogP contribution >= 0.6 is 0 Å². The van der Waals surface area contributed by atoms with E-state index in [0.717, 1.165) is 22.5 Å². The number of hydrogen-bond acceptors (Lipinski definition) is 2. The van der Waals surface area contributed by atoms with Crippen molar-refractivity contribution >= 4 is 21.9 Å². The van der Waals surface area contributed by atoms with Crippen molar-refractivity contribution < 1.29 is 0 Å². The molecule has 2 heteroatoms. The van der Waals surface area contributed by atoms with Crippen molar-refractivity contribution in [3.05, 3.63) is 144 Å². The topological polar surface area (TPSA) is 25.8 Å². The number of nitrogens with zero attached hydrogens (tertiary/aromatic N) is 2. The highest BCUT2D eigenvalue weighted by molar-refractivity contribution is 6.10. The molecule has 202 valence electrons. The molecule has 2 heterocycles. The molecule has 0 unspecified atom stereocenters. The molecule has 2 aliphatic carbocycles. The summed E-state index contributed by atoms with van der Waals surface area (Å²) in [4.78, 5) is 9.50. The fourth-order valence-corrected chi connectivity index (χ4v) is 7.35. The number of pyridine rings is 2. The molecule has 2 aliphatic rings. The molecule has 42 heavy (non-hydrogen) atoms. The number of allylic oxidation sites excluding steroid dienone is 2. The third-order valence-corrected chi connectivity index (χ3v) is 9.53. The largest absolute Gasteiger partial charge is 0.256 e. The molecule has 4 aromatic carbocycles. The van der Waals surface area contributed by atoms with Crippen molar-refractivity contribution in [2.45, 2.75) is 38.5 Å². The molecule has 0 aliphatic heterocycles. The van der Waals surface area contributed by atoms with Gasteiger partial charge in [-0.2, -0.15) is 0 Å². The third-order valence-electron chi connectivity index (χ3n) is 9.53. The Bertz CT molecular complexity index is 2060. The lowest BCUT2D eigenvalue weighted by molar-refractivity contribution is 0.694. The molecule has 0 N–H and O–H groups in total. The van der Waals surface area contributed by atoms with Crippen LogP contribution in [0.3, 0.4) is 0 Å². The Morgan fingerprint density at radius 3 is 1.69 bits per heavy atom. The third kappa shape index (κ3) is 3.58. The van der Waals surface area contributed by atoms with Crippen LogP contribution in [-0.2, 0) is 10.8 Å². The zero-order chi connectivity index (χ0) is 28.6. The van der Waals surface area contributed by atoms with Crippen LogP contribution in [0.1, 0.15) is 49.9 Å². The van der Waals surface area contributed by atoms with E-state index < -0.39 is 0 Å². The molecule has 2 aromatic heterocycles. The Hall–Kier alpha value is -4.82. The highest BCUT2D eigenvalue weighted by Crippen LogP contribution is 2.63. The van der Waals surface area contributed by atoms with Crippen molar-refractivity contribution in [1.82, 2.24) is 9.97 Å². The van der Waals surface area contributed by atoms with Crippen molar-refractivity contribution in [2.24, 2.45) is 0 Å². The number of aromatic nitrogens is 2. The first kappa shape index (κ1) is 24.9. The number of benzene rings is 4. The van der Waals surface area contributed by atoms with Crippen LogP contribution in [0.2, 0.25) is 0 Å². The van der Waals surface area contributed by atoms with E-state index in [1.807, 2.05) is 18.5 Å². The second-order valence-electron chi connectivity index (χ2n) is 12.7. The highest BCUT2D eigenvalue weighted by Gasteiger charge is 2.49. The van der Waals surface area contributed by atoms with Crippen molar-refractivity contribution in [3.63, 3.8) is 0 Å². The summed E-state index contributed by atoms with van der Waals surface area (Å²) in [6.45, 7) is 9.53. The lowest BCUT2D eigenvalue weighted by atomic mass is 9.75. The molecule has 0 bridgehead atoms. The number of fused-ring (bicyclic) bond motifs is 5. The molecule has 0 amide bonds. The summed E-state index contributed by atoms with van der Waals surface area (Å²) in [5.74, 6) is 0. The lowest BCUT2D eigenvalue weighted by Crippen LogP contribution is -2.19. The van der Waals surface area contributed by atoms with Gasteiger partial charge in [-0.05, 0) is 86.1 Å². The zero-order valence-corrected chi connectivity index (χ0v) is 24.4. The number of rotatable bonds is 3. The average molecular weight is 541 g/mol. The standard InChI is InChI=1S/C40H32N2/c1-39(2)33-22-27(30-16-19-36(42-24-30)28-13-12-25-9-5-6-10-26(25)21-28)14-17-31(33)37-38(39)32-18-15-29(23-34(32)40(37,3)4)35-11-7-8-20-41-35/h5-24H,1-4H3. The van der Waals surface area contributed by atoms with Crippen molar-refractivity contribution in [3.8, 4) is 33.6 Å². The molecule has 6 aromatic rings. The number of hydrogen-bond donors (Lipinski definition) is 0. The van der Waals surface area contributed by atoms with Crippen molar-refractivity contribution in [1.29, 1.82) is 0 Å². The van der Waals surface area contributed by atoms with Crippen LogP contribution in [0.5, 0.6) is 0 Å². The maximum Gasteiger partial charge on any atom is 0.0702 e. The Morgan fingerprint density at radius 1 is 0.452 bits per heavy atom. The average Bonchev–Trinajstić information content (AvgIpc) is 3.42. The first-order chi connectivity index (χ1) is 20.3. The van der Waals surface area contributed by atoms with Crippen LogP contribution in [0.25, 0.3) is 55.6 Å². The fraction of sp³-hybridized carbons (Fsp3) is 0.150. The summed E-state index contributed by atoms with van der Waals surface area (Å²) < 4.78 is 0. The van der Waals surface area contributed by atoms with E-state index >= 15 is 0 Å². The van der Waals surface area contributed by atoms with Gasteiger partial charge in [0.05, 0.1) is 11.4 Å². The van der Waals surface area contributed by atoms with E-state index in [4.69, 9.17) is 4.98 Å². The van der Waals surface area contributed by atoms with Gasteiger partial charge in [0.2, 0.25) is 0 Å². The van der Waals surface area contributed by atoms with Gasteiger partial charge < -0.3 is 0 Å². The monoisotopic (exact) mass is 540 g/mol. The van der Waals surface area contributed by atoms with Gasteiger partial charge in [-0.1, -0.05) is 100 Å². The summed E-state index contributed by atoms with van der Waals surface area (Å²) in [6.07, 6.45) is 3.89. The van der Waals surface area contributed by atoms with Gasteiger partial charge in [-0.15, -0.1) is 0 Å². The van der Waals surface area contributed by atoms with E-state index in [0.29, 0.717) is 0 Å². The minimum Gasteiger partial charge on any atom is -0.256 e. The molecule has 0 saturated heterocycles. The summed E-state index contributed by atoms with van der Waals surface area (Å²) in [5.41, 5.74) is 15.0. The summed E-state index contributed by atoms with van der Waals surface area (Å²) in [7, 11) is 0. The van der Waals surface area contributed by atoms with Crippen LogP contribution < -0.4 is 0 Å². The molecular weight excluding hydrogens is 508 g/mol. The summed E-state index contributed by atoms with van der Waals surface area (Å²) >= 11 is 0. The summed E-state index contributed by atoms with van der Waals surface area (Å²) in [6, 6.07) is 39.5. The quantitative estimate of drug-likeness (QED) is 0.223. The van der Waals surface area contributed by atoms with Gasteiger partial charge in [0, 0.05) is 39.9 Å². The van der Waals surface area contributed by atoms with E-state index in [2.05, 4.69) is 136 Å². The van der Waals surface area contributed by atoms with E-state index in [1.54, 1.807) is 0 Å². The molecule has 0 atom stereocenters. The zero-order valence-electron chi connectivity index (χ0n) is 24.4. The minimum absolute atomic E-state index is 0.0947. The smallest absolute Gasteiger partial charge is 0.0702 e. The second kappa shape index (κ2) is 8.84. The molecule has 0 fully saturated rings. The van der Waals surface area contributed by atoms with E-state index in [1.165, 1.54) is 55.3 Å². The normalized spacial score (nSPS) is 15.9. The van der Waals surface area contributed by atoms with Gasteiger partial charge in [-0.25, -0.2) is 0 Å². The summed E-state index contributed by atoms with van der Waals surface area (Å²) in [5, 5.41) is 2.48. The molecule has 0 radical (unpaired) electrons. The van der Waals surface area contributed by atoms with Crippen LogP contribution in [-0.4, -0.2) is 9.97 Å². The predicted molar refractivity (Wildman–Crippen MR) is 175 cm³/mol. The van der Waals surface area contributed by atoms with Gasteiger partial charge in [0.1, 0.15) is 0 Å². The fourth-order valence-electron chi connectivity index (χ4n) is 7.35. The van der Waals surface area contributed by atoms with Crippen LogP contribution in [0.4, 0.5) is 0 Å². The lowest BCUT2D eigenvalue weighted by Gasteiger charge is -2.28. The molecule has 8 rings (SSSR count). The van der Waals surface area contributed by atoms with Crippen molar-refractivity contribution in [2.75, 3.05) is 0 Å². The van der Waals surface area contributed by atoms with Crippen LogP contribution in [0, 0.1) is 0 Å². The molecule has 0 saturated carbocycles. The van der Waals surface area contributed by atoms with Gasteiger partial charge >= 0.3 is 0 Å². The molecule has 0 spiro atoms. The van der Waals surface area contributed by atoms with E-state index in [9.17, 15) is 0 Å². The van der Waals surface area contributed by atoms with E-state index in [-0.39, 0.29) is 10.8 Å². The SMILES string of the molecule is CC1(C)C2=C(c3ccc(-c4ccc(-c5ccc6ccccc6c5)nc4)cc31)C(C)(C)c1cc(-c3ccccn3)ccc12. The Morgan fingerprint density at radius 2 is 1.02 bits per heavy atom. The Balaban J connectivity index is 1.15.